The molecule has 0 radical (unpaired) electrons. The van der Waals surface area contributed by atoms with E-state index in [9.17, 15) is 13.2 Å². The van der Waals surface area contributed by atoms with E-state index in [-0.39, 0.29) is 24.0 Å². The Morgan fingerprint density at radius 1 is 1.05 bits per heavy atom. The molecule has 7 nitrogen and oxygen atoms in total. The van der Waals surface area contributed by atoms with Crippen LogP contribution in [0.25, 0.3) is 22.0 Å². The SMILES string of the molecule is CC1CCCN1CCCS(=O)(=O)N1CCC(c2c[nH]c3c(CC(N)=O)cc(-c4ccccc4)cc23)CC1. The van der Waals surface area contributed by atoms with E-state index in [0.29, 0.717) is 25.6 Å². The van der Waals surface area contributed by atoms with Crippen molar-refractivity contribution < 1.29 is 13.2 Å². The van der Waals surface area contributed by atoms with Gasteiger partial charge in [-0.15, -0.1) is 0 Å². The minimum Gasteiger partial charge on any atom is -0.369 e. The second-order valence-electron chi connectivity index (χ2n) is 10.7. The molecule has 0 aliphatic carbocycles. The monoisotopic (exact) mass is 522 g/mol. The van der Waals surface area contributed by atoms with Gasteiger partial charge in [0.1, 0.15) is 0 Å². The summed E-state index contributed by atoms with van der Waals surface area (Å²) >= 11 is 0. The summed E-state index contributed by atoms with van der Waals surface area (Å²) in [5.74, 6) is 0.128. The minimum absolute atomic E-state index is 0.171. The van der Waals surface area contributed by atoms with E-state index < -0.39 is 10.0 Å². The number of piperidine rings is 1. The van der Waals surface area contributed by atoms with Crippen LogP contribution < -0.4 is 5.73 Å². The molecule has 0 bridgehead atoms. The highest BCUT2D eigenvalue weighted by atomic mass is 32.2. The molecule has 8 heteroatoms. The van der Waals surface area contributed by atoms with E-state index in [4.69, 9.17) is 5.73 Å². The number of carbonyl (C=O) groups excluding carboxylic acids is 1. The third-order valence-electron chi connectivity index (χ3n) is 8.20. The van der Waals surface area contributed by atoms with Gasteiger partial charge in [-0.3, -0.25) is 4.79 Å². The zero-order valence-electron chi connectivity index (χ0n) is 21.7. The molecule has 5 rings (SSSR count). The predicted molar refractivity (Wildman–Crippen MR) is 149 cm³/mol. The molecule has 0 saturated carbocycles. The van der Waals surface area contributed by atoms with Gasteiger partial charge < -0.3 is 15.6 Å². The number of aromatic amines is 1. The number of benzene rings is 2. The van der Waals surface area contributed by atoms with Crippen LogP contribution in [0.4, 0.5) is 0 Å². The van der Waals surface area contributed by atoms with Gasteiger partial charge in [0.05, 0.1) is 12.2 Å². The van der Waals surface area contributed by atoms with Crippen LogP contribution >= 0.6 is 0 Å². The standard InChI is InChI=1S/C29H38N4O3S/c1-21-7-5-12-32(21)13-6-16-37(35,36)33-14-10-23(11-15-33)27-20-31-29-25(19-28(30)34)17-24(18-26(27)29)22-8-3-2-4-9-22/h2-4,8-9,17-18,20-21,23,31H,5-7,10-16,19H2,1H3,(H2,30,34). The second-order valence-corrected chi connectivity index (χ2v) is 12.8. The molecule has 2 aromatic carbocycles. The zero-order chi connectivity index (χ0) is 26.0. The number of fused-ring (bicyclic) bond motifs is 1. The zero-order valence-corrected chi connectivity index (χ0v) is 22.5. The van der Waals surface area contributed by atoms with Crippen molar-refractivity contribution in [2.75, 3.05) is 31.9 Å². The van der Waals surface area contributed by atoms with Crippen LogP contribution in [0.5, 0.6) is 0 Å². The van der Waals surface area contributed by atoms with Crippen LogP contribution in [0, 0.1) is 0 Å². The molecule has 3 aromatic rings. The molecule has 0 spiro atoms. The van der Waals surface area contributed by atoms with Crippen molar-refractivity contribution in [1.82, 2.24) is 14.2 Å². The number of aromatic nitrogens is 1. The number of nitrogens with zero attached hydrogens (tertiary/aromatic N) is 2. The average Bonchev–Trinajstić information content (AvgIpc) is 3.50. The first-order chi connectivity index (χ1) is 17.8. The quantitative estimate of drug-likeness (QED) is 0.439. The first-order valence-electron chi connectivity index (χ1n) is 13.5. The fraction of sp³-hybridized carbons (Fsp3) is 0.483. The molecule has 2 fully saturated rings. The molecule has 2 aliphatic rings. The van der Waals surface area contributed by atoms with Crippen molar-refractivity contribution in [3.63, 3.8) is 0 Å². The van der Waals surface area contributed by atoms with Gasteiger partial charge in [0.25, 0.3) is 0 Å². The van der Waals surface area contributed by atoms with Crippen molar-refractivity contribution in [3.05, 3.63) is 59.8 Å². The molecule has 1 amide bonds. The maximum absolute atomic E-state index is 13.1. The number of nitrogens with one attached hydrogen (secondary N) is 1. The fourth-order valence-corrected chi connectivity index (χ4v) is 7.66. The van der Waals surface area contributed by atoms with E-state index >= 15 is 0 Å². The summed E-state index contributed by atoms with van der Waals surface area (Å²) in [5.41, 5.74) is 10.7. The Bertz CT molecular complexity index is 1340. The summed E-state index contributed by atoms with van der Waals surface area (Å²) in [5, 5.41) is 1.10. The lowest BCUT2D eigenvalue weighted by Crippen LogP contribution is -2.40. The molecule has 1 aromatic heterocycles. The summed E-state index contributed by atoms with van der Waals surface area (Å²) < 4.78 is 27.8. The number of sulfonamides is 1. The number of amides is 1. The van der Waals surface area contributed by atoms with Gasteiger partial charge in [0.15, 0.2) is 0 Å². The van der Waals surface area contributed by atoms with Crippen LogP contribution in [-0.2, 0) is 21.2 Å². The van der Waals surface area contributed by atoms with Crippen molar-refractivity contribution in [2.24, 2.45) is 5.73 Å². The van der Waals surface area contributed by atoms with Gasteiger partial charge in [0, 0.05) is 36.2 Å². The van der Waals surface area contributed by atoms with Crippen molar-refractivity contribution >= 4 is 26.8 Å². The van der Waals surface area contributed by atoms with Gasteiger partial charge in [-0.25, -0.2) is 12.7 Å². The lowest BCUT2D eigenvalue weighted by atomic mass is 9.88. The van der Waals surface area contributed by atoms with E-state index in [1.807, 2.05) is 30.5 Å². The Hall–Kier alpha value is -2.68. The van der Waals surface area contributed by atoms with Crippen LogP contribution in [0.3, 0.4) is 0 Å². The second kappa shape index (κ2) is 11.0. The summed E-state index contributed by atoms with van der Waals surface area (Å²) in [6.45, 7) is 5.28. The van der Waals surface area contributed by atoms with Crippen molar-refractivity contribution in [2.45, 2.75) is 57.4 Å². The first-order valence-corrected chi connectivity index (χ1v) is 15.1. The Balaban J connectivity index is 1.30. The number of primary amides is 1. The maximum Gasteiger partial charge on any atom is 0.221 e. The first kappa shape index (κ1) is 25.9. The molecular weight excluding hydrogens is 484 g/mol. The fourth-order valence-electron chi connectivity index (χ4n) is 6.14. The predicted octanol–water partition coefficient (Wildman–Crippen LogP) is 4.25. The molecule has 3 N–H and O–H groups in total. The minimum atomic E-state index is -3.24. The number of rotatable bonds is 9. The molecular formula is C29H38N4O3S. The molecule has 198 valence electrons. The Labute approximate surface area is 220 Å². The van der Waals surface area contributed by atoms with Gasteiger partial charge in [0.2, 0.25) is 15.9 Å². The van der Waals surface area contributed by atoms with Gasteiger partial charge >= 0.3 is 0 Å². The molecule has 3 heterocycles. The van der Waals surface area contributed by atoms with Crippen LogP contribution in [0.15, 0.2) is 48.7 Å². The summed E-state index contributed by atoms with van der Waals surface area (Å²) in [6.07, 6.45) is 6.91. The lowest BCUT2D eigenvalue weighted by molar-refractivity contribution is -0.117. The highest BCUT2D eigenvalue weighted by Gasteiger charge is 2.30. The number of hydrogen-bond donors (Lipinski definition) is 2. The smallest absolute Gasteiger partial charge is 0.221 e. The highest BCUT2D eigenvalue weighted by molar-refractivity contribution is 7.89. The summed E-state index contributed by atoms with van der Waals surface area (Å²) in [6, 6.07) is 14.9. The largest absolute Gasteiger partial charge is 0.369 e. The van der Waals surface area contributed by atoms with Crippen LogP contribution in [0.1, 0.15) is 56.1 Å². The highest BCUT2D eigenvalue weighted by Crippen LogP contribution is 2.37. The Morgan fingerprint density at radius 3 is 2.49 bits per heavy atom. The maximum atomic E-state index is 13.1. The van der Waals surface area contributed by atoms with Crippen LogP contribution in [-0.4, -0.2) is 66.5 Å². The molecule has 37 heavy (non-hydrogen) atoms. The van der Waals surface area contributed by atoms with Gasteiger partial charge in [-0.1, -0.05) is 30.3 Å². The number of nitrogens with two attached hydrogens (primary N) is 1. The number of hydrogen-bond acceptors (Lipinski definition) is 4. The number of H-pyrrole nitrogens is 1. The van der Waals surface area contributed by atoms with Crippen molar-refractivity contribution in [1.29, 1.82) is 0 Å². The summed E-state index contributed by atoms with van der Waals surface area (Å²) in [4.78, 5) is 17.6. The molecule has 2 saturated heterocycles. The third-order valence-corrected chi connectivity index (χ3v) is 10.2. The Kier molecular flexibility index (Phi) is 7.70. The molecule has 2 aliphatic heterocycles. The number of likely N-dealkylation sites (tertiary alicyclic amines) is 1. The van der Waals surface area contributed by atoms with E-state index in [2.05, 4.69) is 35.0 Å². The van der Waals surface area contributed by atoms with Gasteiger partial charge in [-0.2, -0.15) is 0 Å². The Morgan fingerprint density at radius 2 is 1.81 bits per heavy atom. The molecule has 1 atom stereocenters. The van der Waals surface area contributed by atoms with E-state index in [1.54, 1.807) is 4.31 Å². The lowest BCUT2D eigenvalue weighted by Gasteiger charge is -2.31. The topological polar surface area (TPSA) is 99.5 Å². The molecule has 1 unspecified atom stereocenters. The number of carbonyl (C=O) groups is 1. The van der Waals surface area contributed by atoms with E-state index in [0.717, 1.165) is 53.5 Å². The van der Waals surface area contributed by atoms with E-state index in [1.165, 1.54) is 18.4 Å². The summed E-state index contributed by atoms with van der Waals surface area (Å²) in [7, 11) is -3.24. The normalized spacial score (nSPS) is 20.1. The van der Waals surface area contributed by atoms with Crippen LogP contribution in [0.2, 0.25) is 0 Å². The third kappa shape index (κ3) is 5.76. The van der Waals surface area contributed by atoms with Gasteiger partial charge in [-0.05, 0) is 92.4 Å². The average molecular weight is 523 g/mol. The van der Waals surface area contributed by atoms with Crippen molar-refractivity contribution in [3.8, 4) is 11.1 Å².